The molecule has 1 aliphatic heterocycles. The average Bonchev–Trinajstić information content (AvgIpc) is 2.27. The Morgan fingerprint density at radius 1 is 1.35 bits per heavy atom. The summed E-state index contributed by atoms with van der Waals surface area (Å²) < 4.78 is 0. The molecule has 94 valence electrons. The highest BCUT2D eigenvalue weighted by molar-refractivity contribution is 5.62. The number of hydrogen-bond donors (Lipinski definition) is 1. The molecule has 1 N–H and O–H groups in total. The van der Waals surface area contributed by atoms with Gasteiger partial charge in [-0.15, -0.1) is 0 Å². The van der Waals surface area contributed by atoms with Crippen LogP contribution in [0.1, 0.15) is 29.5 Å². The molecule has 0 aromatic heterocycles. The Hall–Kier alpha value is -1.02. The molecule has 1 aromatic rings. The second-order valence-electron chi connectivity index (χ2n) is 5.29. The second-order valence-corrected chi connectivity index (χ2v) is 5.29. The molecule has 2 heteroatoms. The molecule has 1 aromatic carbocycles. The molecule has 1 aliphatic rings. The van der Waals surface area contributed by atoms with E-state index >= 15 is 0 Å². The molecule has 0 radical (unpaired) electrons. The topological polar surface area (TPSA) is 15.3 Å². The van der Waals surface area contributed by atoms with Crippen LogP contribution in [-0.4, -0.2) is 26.7 Å². The summed E-state index contributed by atoms with van der Waals surface area (Å²) in [4.78, 5) is 2.49. The van der Waals surface area contributed by atoms with Crippen molar-refractivity contribution < 1.29 is 0 Å². The summed E-state index contributed by atoms with van der Waals surface area (Å²) in [6, 6.07) is 5.35. The molecule has 17 heavy (non-hydrogen) atoms. The quantitative estimate of drug-likeness (QED) is 0.862. The van der Waals surface area contributed by atoms with Crippen LogP contribution in [0, 0.1) is 13.8 Å². The number of fused-ring (bicyclic) bond motifs is 1. The van der Waals surface area contributed by atoms with Gasteiger partial charge in [0, 0.05) is 18.8 Å². The summed E-state index contributed by atoms with van der Waals surface area (Å²) in [6.07, 6.45) is 3.75. The summed E-state index contributed by atoms with van der Waals surface area (Å²) >= 11 is 0. The number of hydrogen-bond acceptors (Lipinski definition) is 2. The Kier molecular flexibility index (Phi) is 3.72. The number of rotatable bonds is 3. The van der Waals surface area contributed by atoms with Gasteiger partial charge < -0.3 is 10.2 Å². The third kappa shape index (κ3) is 2.47. The van der Waals surface area contributed by atoms with E-state index in [0.717, 1.165) is 6.54 Å². The van der Waals surface area contributed by atoms with Gasteiger partial charge in [0.25, 0.3) is 0 Å². The van der Waals surface area contributed by atoms with Crippen molar-refractivity contribution in [1.29, 1.82) is 0 Å². The molecule has 2 rings (SSSR count). The Bertz CT molecular complexity index is 398. The van der Waals surface area contributed by atoms with E-state index in [1.807, 2.05) is 7.05 Å². The van der Waals surface area contributed by atoms with Gasteiger partial charge in [-0.25, -0.2) is 0 Å². The smallest absolute Gasteiger partial charge is 0.0428 e. The van der Waals surface area contributed by atoms with Gasteiger partial charge in [-0.1, -0.05) is 17.7 Å². The third-order valence-corrected chi connectivity index (χ3v) is 3.90. The molecule has 0 aliphatic carbocycles. The van der Waals surface area contributed by atoms with Gasteiger partial charge in [-0.2, -0.15) is 0 Å². The van der Waals surface area contributed by atoms with Gasteiger partial charge in [-0.3, -0.25) is 0 Å². The van der Waals surface area contributed by atoms with Crippen LogP contribution in [0.3, 0.4) is 0 Å². The van der Waals surface area contributed by atoms with Gasteiger partial charge in [0.15, 0.2) is 0 Å². The zero-order valence-electron chi connectivity index (χ0n) is 11.5. The minimum Gasteiger partial charge on any atom is -0.371 e. The molecule has 0 spiro atoms. The zero-order valence-corrected chi connectivity index (χ0v) is 11.5. The highest BCUT2D eigenvalue weighted by atomic mass is 15.1. The van der Waals surface area contributed by atoms with E-state index < -0.39 is 0 Å². The molecular weight excluding hydrogens is 208 g/mol. The standard InChI is InChI=1S/C15H24N2/c1-11-9-12(2)15-13(10-11)5-6-14(17(15)4)7-8-16-3/h9-10,14,16H,5-8H2,1-4H3. The third-order valence-electron chi connectivity index (χ3n) is 3.90. The van der Waals surface area contributed by atoms with Crippen LogP contribution in [-0.2, 0) is 6.42 Å². The van der Waals surface area contributed by atoms with Crippen molar-refractivity contribution in [2.24, 2.45) is 0 Å². The molecule has 0 bridgehead atoms. The first kappa shape index (κ1) is 12.4. The van der Waals surface area contributed by atoms with Crippen molar-refractivity contribution in [3.8, 4) is 0 Å². The van der Waals surface area contributed by atoms with Gasteiger partial charge in [0.1, 0.15) is 0 Å². The van der Waals surface area contributed by atoms with Crippen molar-refractivity contribution >= 4 is 5.69 Å². The fraction of sp³-hybridized carbons (Fsp3) is 0.600. The Morgan fingerprint density at radius 2 is 2.12 bits per heavy atom. The number of aryl methyl sites for hydroxylation is 3. The van der Waals surface area contributed by atoms with Gasteiger partial charge in [0.2, 0.25) is 0 Å². The maximum Gasteiger partial charge on any atom is 0.0428 e. The molecule has 0 saturated heterocycles. The van der Waals surface area contributed by atoms with Crippen LogP contribution in [0.4, 0.5) is 5.69 Å². The molecule has 0 saturated carbocycles. The van der Waals surface area contributed by atoms with Crippen molar-refractivity contribution in [1.82, 2.24) is 5.32 Å². The van der Waals surface area contributed by atoms with Crippen LogP contribution in [0.2, 0.25) is 0 Å². The maximum absolute atomic E-state index is 3.26. The lowest BCUT2D eigenvalue weighted by atomic mass is 9.91. The summed E-state index contributed by atoms with van der Waals surface area (Å²) in [7, 11) is 4.28. The fourth-order valence-electron chi connectivity index (χ4n) is 3.09. The summed E-state index contributed by atoms with van der Waals surface area (Å²) in [5, 5.41) is 3.26. The number of anilines is 1. The molecule has 0 fully saturated rings. The van der Waals surface area contributed by atoms with Crippen molar-refractivity contribution in [3.63, 3.8) is 0 Å². The number of benzene rings is 1. The minimum absolute atomic E-state index is 0.691. The Labute approximate surface area is 105 Å². The normalized spacial score (nSPS) is 19.3. The van der Waals surface area contributed by atoms with E-state index in [1.165, 1.54) is 41.6 Å². The van der Waals surface area contributed by atoms with Crippen LogP contribution in [0.5, 0.6) is 0 Å². The lowest BCUT2D eigenvalue weighted by molar-refractivity contribution is 0.509. The van der Waals surface area contributed by atoms with Gasteiger partial charge in [0.05, 0.1) is 0 Å². The molecule has 1 unspecified atom stereocenters. The van der Waals surface area contributed by atoms with E-state index in [4.69, 9.17) is 0 Å². The summed E-state index contributed by atoms with van der Waals surface area (Å²) in [5.74, 6) is 0. The molecule has 1 heterocycles. The highest BCUT2D eigenvalue weighted by Gasteiger charge is 2.24. The minimum atomic E-state index is 0.691. The Balaban J connectivity index is 2.25. The SMILES string of the molecule is CNCCC1CCc2cc(C)cc(C)c2N1C. The van der Waals surface area contributed by atoms with Gasteiger partial charge in [-0.05, 0) is 57.8 Å². The van der Waals surface area contributed by atoms with Crippen LogP contribution in [0.25, 0.3) is 0 Å². The van der Waals surface area contributed by atoms with Crippen molar-refractivity contribution in [2.75, 3.05) is 25.5 Å². The first-order chi connectivity index (χ1) is 8.13. The summed E-state index contributed by atoms with van der Waals surface area (Å²) in [5.41, 5.74) is 5.83. The molecule has 0 amide bonds. The van der Waals surface area contributed by atoms with E-state index in [-0.39, 0.29) is 0 Å². The van der Waals surface area contributed by atoms with Crippen LogP contribution >= 0.6 is 0 Å². The van der Waals surface area contributed by atoms with Gasteiger partial charge >= 0.3 is 0 Å². The largest absolute Gasteiger partial charge is 0.371 e. The molecular formula is C15H24N2. The first-order valence-electron chi connectivity index (χ1n) is 6.61. The monoisotopic (exact) mass is 232 g/mol. The average molecular weight is 232 g/mol. The van der Waals surface area contributed by atoms with Crippen LogP contribution in [0.15, 0.2) is 12.1 Å². The summed E-state index contributed by atoms with van der Waals surface area (Å²) in [6.45, 7) is 5.54. The van der Waals surface area contributed by atoms with E-state index in [1.54, 1.807) is 0 Å². The molecule has 2 nitrogen and oxygen atoms in total. The van der Waals surface area contributed by atoms with Crippen LogP contribution < -0.4 is 10.2 Å². The zero-order chi connectivity index (χ0) is 12.4. The van der Waals surface area contributed by atoms with E-state index in [0.29, 0.717) is 6.04 Å². The predicted molar refractivity (Wildman–Crippen MR) is 75.0 cm³/mol. The van der Waals surface area contributed by atoms with E-state index in [9.17, 15) is 0 Å². The predicted octanol–water partition coefficient (Wildman–Crippen LogP) is 2.66. The lowest BCUT2D eigenvalue weighted by Gasteiger charge is -2.37. The van der Waals surface area contributed by atoms with Crippen molar-refractivity contribution in [3.05, 3.63) is 28.8 Å². The van der Waals surface area contributed by atoms with E-state index in [2.05, 4.69) is 43.2 Å². The van der Waals surface area contributed by atoms with Crippen molar-refractivity contribution in [2.45, 2.75) is 39.2 Å². The first-order valence-corrected chi connectivity index (χ1v) is 6.61. The Morgan fingerprint density at radius 3 is 2.82 bits per heavy atom. The number of nitrogens with zero attached hydrogens (tertiary/aromatic N) is 1. The lowest BCUT2D eigenvalue weighted by Crippen LogP contribution is -2.38. The molecule has 1 atom stereocenters. The highest BCUT2D eigenvalue weighted by Crippen LogP contribution is 2.34. The maximum atomic E-state index is 3.26. The number of nitrogens with one attached hydrogen (secondary N) is 1. The fourth-order valence-corrected chi connectivity index (χ4v) is 3.09. The second kappa shape index (κ2) is 5.09.